The van der Waals surface area contributed by atoms with Gasteiger partial charge in [-0.3, -0.25) is 0 Å². The van der Waals surface area contributed by atoms with Crippen molar-refractivity contribution in [1.82, 2.24) is 5.32 Å². The summed E-state index contributed by atoms with van der Waals surface area (Å²) < 4.78 is 11.7. The first-order valence-corrected chi connectivity index (χ1v) is 7.69. The van der Waals surface area contributed by atoms with Gasteiger partial charge in [-0.25, -0.2) is 0 Å². The summed E-state index contributed by atoms with van der Waals surface area (Å²) in [6.07, 6.45) is 5.64. The Hall–Kier alpha value is -1.06. The summed E-state index contributed by atoms with van der Waals surface area (Å²) in [7, 11) is 3.86. The van der Waals surface area contributed by atoms with Crippen LogP contribution >= 0.6 is 0 Å². The lowest BCUT2D eigenvalue weighted by atomic mass is 9.74. The second kappa shape index (κ2) is 7.09. The summed E-state index contributed by atoms with van der Waals surface area (Å²) in [6, 6.07) is 8.63. The smallest absolute Gasteiger partial charge is 0.124 e. The molecule has 0 radical (unpaired) electrons. The van der Waals surface area contributed by atoms with Crippen LogP contribution < -0.4 is 10.1 Å². The number of ether oxygens (including phenoxy) is 2. The van der Waals surface area contributed by atoms with Crippen LogP contribution in [0, 0.1) is 0 Å². The Bertz CT molecular complexity index is 410. The number of benzene rings is 1. The molecule has 0 bridgehead atoms. The monoisotopic (exact) mass is 277 g/mol. The SMILES string of the molecule is CCCOc1ccccc1C(CC1(OC)CCC1)NC. The molecule has 1 saturated carbocycles. The van der Waals surface area contributed by atoms with Crippen LogP contribution in [0.25, 0.3) is 0 Å². The molecule has 0 saturated heterocycles. The highest BCUT2D eigenvalue weighted by Gasteiger charge is 2.39. The van der Waals surface area contributed by atoms with Gasteiger partial charge in [0, 0.05) is 18.7 Å². The predicted molar refractivity (Wildman–Crippen MR) is 82.2 cm³/mol. The van der Waals surface area contributed by atoms with Crippen molar-refractivity contribution in [3.8, 4) is 5.75 Å². The third-order valence-corrected chi connectivity index (χ3v) is 4.38. The second-order valence-electron chi connectivity index (χ2n) is 5.67. The van der Waals surface area contributed by atoms with Crippen LogP contribution in [0.15, 0.2) is 24.3 Å². The molecule has 112 valence electrons. The third kappa shape index (κ3) is 3.33. The number of methoxy groups -OCH3 is 1. The van der Waals surface area contributed by atoms with Gasteiger partial charge in [-0.05, 0) is 45.2 Å². The molecule has 3 heteroatoms. The Balaban J connectivity index is 2.14. The van der Waals surface area contributed by atoms with E-state index in [1.807, 2.05) is 20.2 Å². The molecular weight excluding hydrogens is 250 g/mol. The molecule has 1 aliphatic carbocycles. The molecule has 0 aromatic heterocycles. The van der Waals surface area contributed by atoms with Crippen LogP contribution in [0.5, 0.6) is 5.75 Å². The molecule has 20 heavy (non-hydrogen) atoms. The fourth-order valence-corrected chi connectivity index (χ4v) is 2.91. The molecule has 1 unspecified atom stereocenters. The number of nitrogens with one attached hydrogen (secondary N) is 1. The van der Waals surface area contributed by atoms with Crippen LogP contribution in [0.4, 0.5) is 0 Å². The highest BCUT2D eigenvalue weighted by atomic mass is 16.5. The summed E-state index contributed by atoms with van der Waals surface area (Å²) in [5.74, 6) is 0.999. The van der Waals surface area contributed by atoms with E-state index in [4.69, 9.17) is 9.47 Å². The summed E-state index contributed by atoms with van der Waals surface area (Å²) >= 11 is 0. The van der Waals surface area contributed by atoms with Crippen LogP contribution in [-0.4, -0.2) is 26.4 Å². The lowest BCUT2D eigenvalue weighted by Gasteiger charge is -2.43. The summed E-state index contributed by atoms with van der Waals surface area (Å²) in [6.45, 7) is 2.90. The van der Waals surface area contributed by atoms with Crippen molar-refractivity contribution in [3.05, 3.63) is 29.8 Å². The molecular formula is C17H27NO2. The Labute approximate surface area is 122 Å². The molecule has 1 atom stereocenters. The van der Waals surface area contributed by atoms with E-state index >= 15 is 0 Å². The Kier molecular flexibility index (Phi) is 5.44. The van der Waals surface area contributed by atoms with E-state index in [2.05, 4.69) is 30.4 Å². The minimum Gasteiger partial charge on any atom is -0.493 e. The zero-order valence-electron chi connectivity index (χ0n) is 12.9. The van der Waals surface area contributed by atoms with Crippen molar-refractivity contribution in [3.63, 3.8) is 0 Å². The fourth-order valence-electron chi connectivity index (χ4n) is 2.91. The van der Waals surface area contributed by atoms with Crippen LogP contribution in [0.3, 0.4) is 0 Å². The maximum absolute atomic E-state index is 5.89. The molecule has 0 heterocycles. The topological polar surface area (TPSA) is 30.5 Å². The first-order chi connectivity index (χ1) is 9.74. The largest absolute Gasteiger partial charge is 0.493 e. The standard InChI is InChI=1S/C17H27NO2/c1-4-12-20-16-9-6-5-8-14(16)15(18-2)13-17(19-3)10-7-11-17/h5-6,8-9,15,18H,4,7,10-13H2,1-3H3. The van der Waals surface area contributed by atoms with Crippen LogP contribution in [0.2, 0.25) is 0 Å². The Morgan fingerprint density at radius 1 is 1.30 bits per heavy atom. The molecule has 1 fully saturated rings. The van der Waals surface area contributed by atoms with Gasteiger partial charge in [0.25, 0.3) is 0 Å². The van der Waals surface area contributed by atoms with Crippen molar-refractivity contribution in [1.29, 1.82) is 0 Å². The molecule has 1 aromatic carbocycles. The molecule has 3 nitrogen and oxygen atoms in total. The van der Waals surface area contributed by atoms with Crippen LogP contribution in [0.1, 0.15) is 50.6 Å². The molecule has 0 spiro atoms. The first kappa shape index (κ1) is 15.3. The van der Waals surface area contributed by atoms with Crippen LogP contribution in [-0.2, 0) is 4.74 Å². The lowest BCUT2D eigenvalue weighted by molar-refractivity contribution is -0.0835. The van der Waals surface area contributed by atoms with E-state index in [-0.39, 0.29) is 11.6 Å². The van der Waals surface area contributed by atoms with Gasteiger partial charge in [0.2, 0.25) is 0 Å². The van der Waals surface area contributed by atoms with Gasteiger partial charge in [0.15, 0.2) is 0 Å². The normalized spacial score (nSPS) is 18.4. The summed E-state index contributed by atoms with van der Waals surface area (Å²) in [4.78, 5) is 0. The van der Waals surface area contributed by atoms with E-state index in [0.29, 0.717) is 0 Å². The zero-order chi connectivity index (χ0) is 14.4. The quantitative estimate of drug-likeness (QED) is 0.786. The first-order valence-electron chi connectivity index (χ1n) is 7.69. The van der Waals surface area contributed by atoms with E-state index < -0.39 is 0 Å². The Morgan fingerprint density at radius 3 is 2.60 bits per heavy atom. The van der Waals surface area contributed by atoms with Gasteiger partial charge in [-0.15, -0.1) is 0 Å². The maximum Gasteiger partial charge on any atom is 0.124 e. The minimum absolute atomic E-state index is 0.0611. The van der Waals surface area contributed by atoms with E-state index in [9.17, 15) is 0 Å². The van der Waals surface area contributed by atoms with Gasteiger partial charge < -0.3 is 14.8 Å². The zero-order valence-corrected chi connectivity index (χ0v) is 12.9. The molecule has 2 rings (SSSR count). The van der Waals surface area contributed by atoms with Crippen molar-refractivity contribution in [2.24, 2.45) is 0 Å². The molecule has 0 aliphatic heterocycles. The van der Waals surface area contributed by atoms with Crippen molar-refractivity contribution < 1.29 is 9.47 Å². The minimum atomic E-state index is 0.0611. The van der Waals surface area contributed by atoms with Gasteiger partial charge in [-0.2, -0.15) is 0 Å². The number of hydrogen-bond donors (Lipinski definition) is 1. The van der Waals surface area contributed by atoms with E-state index in [1.165, 1.54) is 24.8 Å². The average Bonchev–Trinajstić information content (AvgIpc) is 2.45. The van der Waals surface area contributed by atoms with Gasteiger partial charge in [0.1, 0.15) is 5.75 Å². The summed E-state index contributed by atoms with van der Waals surface area (Å²) in [5.41, 5.74) is 1.30. The van der Waals surface area contributed by atoms with Gasteiger partial charge in [0.05, 0.1) is 12.2 Å². The Morgan fingerprint density at radius 2 is 2.05 bits per heavy atom. The predicted octanol–water partition coefficient (Wildman–Crippen LogP) is 3.70. The van der Waals surface area contributed by atoms with Gasteiger partial charge in [-0.1, -0.05) is 25.1 Å². The van der Waals surface area contributed by atoms with Crippen molar-refractivity contribution in [2.45, 2.75) is 50.7 Å². The lowest BCUT2D eigenvalue weighted by Crippen LogP contribution is -2.42. The summed E-state index contributed by atoms with van der Waals surface area (Å²) in [5, 5.41) is 3.43. The molecule has 0 amide bonds. The van der Waals surface area contributed by atoms with E-state index in [0.717, 1.165) is 25.2 Å². The van der Waals surface area contributed by atoms with E-state index in [1.54, 1.807) is 0 Å². The molecule has 1 aliphatic rings. The second-order valence-corrected chi connectivity index (χ2v) is 5.67. The number of hydrogen-bond acceptors (Lipinski definition) is 3. The highest BCUT2D eigenvalue weighted by molar-refractivity contribution is 5.36. The van der Waals surface area contributed by atoms with Crippen molar-refractivity contribution >= 4 is 0 Å². The highest BCUT2D eigenvalue weighted by Crippen LogP contribution is 2.43. The molecule has 1 aromatic rings. The average molecular weight is 277 g/mol. The maximum atomic E-state index is 5.89. The molecule has 1 N–H and O–H groups in total. The fraction of sp³-hybridized carbons (Fsp3) is 0.647. The number of rotatable bonds is 8. The number of para-hydroxylation sites is 1. The van der Waals surface area contributed by atoms with Gasteiger partial charge >= 0.3 is 0 Å². The van der Waals surface area contributed by atoms with Crippen molar-refractivity contribution in [2.75, 3.05) is 20.8 Å². The third-order valence-electron chi connectivity index (χ3n) is 4.38.